The number of ether oxygens (including phenoxy) is 1. The second-order valence-electron chi connectivity index (χ2n) is 11.1. The summed E-state index contributed by atoms with van der Waals surface area (Å²) in [6.07, 6.45) is 5.02. The normalized spacial score (nSPS) is 12.5. The van der Waals surface area contributed by atoms with Crippen LogP contribution in [0.25, 0.3) is 11.1 Å². The molecule has 1 aliphatic heterocycles. The molecule has 0 unspecified atom stereocenters. The maximum absolute atomic E-state index is 13.3. The first kappa shape index (κ1) is 31.1. The molecule has 8 nitrogen and oxygen atoms in total. The topological polar surface area (TPSA) is 102 Å². The molecule has 0 atom stereocenters. The second kappa shape index (κ2) is 14.4. The quantitative estimate of drug-likeness (QED) is 0.173. The van der Waals surface area contributed by atoms with Gasteiger partial charge in [-0.05, 0) is 54.7 Å². The zero-order chi connectivity index (χ0) is 31.1. The van der Waals surface area contributed by atoms with E-state index in [1.165, 1.54) is 5.56 Å². The molecule has 0 saturated carbocycles. The molecule has 44 heavy (non-hydrogen) atoms. The number of aryl methyl sites for hydroxylation is 1. The standard InChI is InChI=1S/C35H37N3O5S/c1-24-7-3-12-32(25(24)2)43-17-6-13-33(40)38-16-18-44-35-30(10-5-11-31(35)38)28-21-36-37(23-28)22-27-9-4-8-26(19-27)20-29(39)14-15-34(41)42/h3-5,7-12,19,21,23H,6,13-18,20,22H2,1-2H3,(H,41,42). The number of ketones is 1. The molecule has 1 aromatic heterocycles. The smallest absolute Gasteiger partial charge is 0.303 e. The van der Waals surface area contributed by atoms with Crippen molar-refractivity contribution in [2.24, 2.45) is 0 Å². The first-order chi connectivity index (χ1) is 21.3. The highest BCUT2D eigenvalue weighted by Gasteiger charge is 2.25. The van der Waals surface area contributed by atoms with E-state index in [9.17, 15) is 14.4 Å². The van der Waals surface area contributed by atoms with Gasteiger partial charge in [-0.15, -0.1) is 11.8 Å². The average Bonchev–Trinajstić information content (AvgIpc) is 3.47. The minimum atomic E-state index is -0.964. The summed E-state index contributed by atoms with van der Waals surface area (Å²) in [6, 6.07) is 19.9. The number of carbonyl (C=O) groups is 3. The summed E-state index contributed by atoms with van der Waals surface area (Å²) in [5, 5.41) is 13.4. The zero-order valence-electron chi connectivity index (χ0n) is 25.1. The molecule has 9 heteroatoms. The molecule has 228 valence electrons. The van der Waals surface area contributed by atoms with E-state index in [2.05, 4.69) is 31.1 Å². The van der Waals surface area contributed by atoms with Crippen LogP contribution in [0.5, 0.6) is 5.75 Å². The number of fused-ring (bicyclic) bond motifs is 1. The Kier molecular flexibility index (Phi) is 10.2. The van der Waals surface area contributed by atoms with Gasteiger partial charge in [-0.25, -0.2) is 0 Å². The van der Waals surface area contributed by atoms with Gasteiger partial charge in [-0.3, -0.25) is 19.1 Å². The lowest BCUT2D eigenvalue weighted by atomic mass is 10.0. The predicted molar refractivity (Wildman–Crippen MR) is 173 cm³/mol. The molecule has 1 N–H and O–H groups in total. The van der Waals surface area contributed by atoms with Crippen molar-refractivity contribution in [2.75, 3.05) is 23.8 Å². The van der Waals surface area contributed by atoms with Crippen molar-refractivity contribution in [1.82, 2.24) is 9.78 Å². The maximum atomic E-state index is 13.3. The lowest BCUT2D eigenvalue weighted by Gasteiger charge is -2.30. The SMILES string of the molecule is Cc1cccc(OCCCC(=O)N2CCSc3c(-c4cnn(Cc5cccc(CC(=O)CCC(=O)O)c5)c4)cccc32)c1C. The van der Waals surface area contributed by atoms with Gasteiger partial charge >= 0.3 is 5.97 Å². The number of rotatable bonds is 13. The Balaban J connectivity index is 1.22. The van der Waals surface area contributed by atoms with Gasteiger partial charge in [-0.1, -0.05) is 48.5 Å². The highest BCUT2D eigenvalue weighted by Crippen LogP contribution is 2.42. The molecule has 5 rings (SSSR count). The number of anilines is 1. The Bertz CT molecular complexity index is 1660. The van der Waals surface area contributed by atoms with Crippen LogP contribution in [0.1, 0.15) is 47.9 Å². The fourth-order valence-electron chi connectivity index (χ4n) is 5.33. The fourth-order valence-corrected chi connectivity index (χ4v) is 6.48. The Hall–Kier alpha value is -4.37. The third-order valence-corrected chi connectivity index (χ3v) is 8.90. The molecule has 0 spiro atoms. The van der Waals surface area contributed by atoms with E-state index < -0.39 is 5.97 Å². The molecule has 3 aromatic carbocycles. The van der Waals surface area contributed by atoms with Gasteiger partial charge < -0.3 is 14.7 Å². The molecular weight excluding hydrogens is 574 g/mol. The molecule has 1 aliphatic rings. The lowest BCUT2D eigenvalue weighted by Crippen LogP contribution is -2.35. The minimum absolute atomic E-state index is 0.0344. The Labute approximate surface area is 262 Å². The van der Waals surface area contributed by atoms with Crippen LogP contribution in [0.3, 0.4) is 0 Å². The summed E-state index contributed by atoms with van der Waals surface area (Å²) in [7, 11) is 0. The number of Topliss-reactive ketones (excluding diaryl/α,β-unsaturated/α-hetero) is 1. The maximum Gasteiger partial charge on any atom is 0.303 e. The van der Waals surface area contributed by atoms with Crippen molar-refractivity contribution in [2.45, 2.75) is 57.4 Å². The molecular formula is C35H37N3O5S. The summed E-state index contributed by atoms with van der Waals surface area (Å²) in [5.74, 6) is 0.744. The number of hydrogen-bond acceptors (Lipinski definition) is 6. The predicted octanol–water partition coefficient (Wildman–Crippen LogP) is 6.49. The van der Waals surface area contributed by atoms with E-state index in [1.807, 2.05) is 70.5 Å². The van der Waals surface area contributed by atoms with Crippen LogP contribution in [0.2, 0.25) is 0 Å². The van der Waals surface area contributed by atoms with Crippen LogP contribution in [-0.2, 0) is 27.3 Å². The Morgan fingerprint density at radius 2 is 1.77 bits per heavy atom. The Morgan fingerprint density at radius 3 is 2.61 bits per heavy atom. The summed E-state index contributed by atoms with van der Waals surface area (Å²) >= 11 is 1.76. The molecule has 4 aromatic rings. The summed E-state index contributed by atoms with van der Waals surface area (Å²) in [6.45, 7) is 5.82. The number of nitrogens with zero attached hydrogens (tertiary/aromatic N) is 3. The third kappa shape index (κ3) is 7.77. The van der Waals surface area contributed by atoms with Crippen molar-refractivity contribution in [1.29, 1.82) is 0 Å². The van der Waals surface area contributed by atoms with Gasteiger partial charge in [0.1, 0.15) is 11.5 Å². The molecule has 0 aliphatic carbocycles. The number of thioether (sulfide) groups is 1. The number of carboxylic acid groups (broad SMARTS) is 1. The van der Waals surface area contributed by atoms with E-state index >= 15 is 0 Å². The van der Waals surface area contributed by atoms with Crippen molar-refractivity contribution < 1.29 is 24.2 Å². The fraction of sp³-hybridized carbons (Fsp3) is 0.314. The van der Waals surface area contributed by atoms with E-state index in [-0.39, 0.29) is 31.0 Å². The molecule has 2 heterocycles. The van der Waals surface area contributed by atoms with Crippen LogP contribution in [0.4, 0.5) is 5.69 Å². The summed E-state index contributed by atoms with van der Waals surface area (Å²) in [4.78, 5) is 39.2. The van der Waals surface area contributed by atoms with Crippen molar-refractivity contribution in [3.05, 3.63) is 95.3 Å². The van der Waals surface area contributed by atoms with Crippen LogP contribution < -0.4 is 9.64 Å². The van der Waals surface area contributed by atoms with E-state index in [0.29, 0.717) is 32.5 Å². The molecule has 1 amide bonds. The van der Waals surface area contributed by atoms with Crippen molar-refractivity contribution >= 4 is 35.1 Å². The number of carbonyl (C=O) groups excluding carboxylic acids is 2. The summed E-state index contributed by atoms with van der Waals surface area (Å²) in [5.41, 5.74) is 7.15. The number of benzene rings is 3. The first-order valence-corrected chi connectivity index (χ1v) is 15.9. The van der Waals surface area contributed by atoms with Gasteiger partial charge in [0.25, 0.3) is 0 Å². The highest BCUT2D eigenvalue weighted by molar-refractivity contribution is 7.99. The highest BCUT2D eigenvalue weighted by atomic mass is 32.2. The largest absolute Gasteiger partial charge is 0.493 e. The Morgan fingerprint density at radius 1 is 0.977 bits per heavy atom. The number of aromatic nitrogens is 2. The zero-order valence-corrected chi connectivity index (χ0v) is 25.9. The lowest BCUT2D eigenvalue weighted by molar-refractivity contribution is -0.138. The molecule has 0 saturated heterocycles. The van der Waals surface area contributed by atoms with Gasteiger partial charge in [0.15, 0.2) is 0 Å². The molecule has 0 fully saturated rings. The van der Waals surface area contributed by atoms with E-state index in [4.69, 9.17) is 9.84 Å². The van der Waals surface area contributed by atoms with Gasteiger partial charge in [0.05, 0.1) is 31.5 Å². The second-order valence-corrected chi connectivity index (χ2v) is 12.2. The van der Waals surface area contributed by atoms with Crippen molar-refractivity contribution in [3.8, 4) is 16.9 Å². The van der Waals surface area contributed by atoms with Crippen LogP contribution >= 0.6 is 11.8 Å². The van der Waals surface area contributed by atoms with E-state index in [0.717, 1.165) is 49.9 Å². The molecule has 0 bridgehead atoms. The van der Waals surface area contributed by atoms with Crippen LogP contribution in [0, 0.1) is 13.8 Å². The van der Waals surface area contributed by atoms with Crippen LogP contribution in [0.15, 0.2) is 78.0 Å². The number of aliphatic carboxylic acids is 1. The molecule has 0 radical (unpaired) electrons. The van der Waals surface area contributed by atoms with Crippen LogP contribution in [-0.4, -0.2) is 51.5 Å². The minimum Gasteiger partial charge on any atom is -0.493 e. The summed E-state index contributed by atoms with van der Waals surface area (Å²) < 4.78 is 7.84. The monoisotopic (exact) mass is 611 g/mol. The van der Waals surface area contributed by atoms with Gasteiger partial charge in [0.2, 0.25) is 5.91 Å². The first-order valence-electron chi connectivity index (χ1n) is 14.9. The van der Waals surface area contributed by atoms with Gasteiger partial charge in [0, 0.05) is 53.8 Å². The van der Waals surface area contributed by atoms with Crippen molar-refractivity contribution in [3.63, 3.8) is 0 Å². The number of amides is 1. The number of hydrogen-bond donors (Lipinski definition) is 1. The van der Waals surface area contributed by atoms with E-state index in [1.54, 1.807) is 11.8 Å². The average molecular weight is 612 g/mol. The number of carboxylic acids is 1. The third-order valence-electron chi connectivity index (χ3n) is 7.79. The van der Waals surface area contributed by atoms with Gasteiger partial charge in [-0.2, -0.15) is 5.10 Å².